The summed E-state index contributed by atoms with van der Waals surface area (Å²) < 4.78 is 0. The molecule has 3 rings (SSSR count). The number of rotatable bonds is 12. The first-order chi connectivity index (χ1) is 14.4. The zero-order valence-electron chi connectivity index (χ0n) is 17.5. The van der Waals surface area contributed by atoms with Crippen molar-refractivity contribution in [3.63, 3.8) is 0 Å². The zero-order chi connectivity index (χ0) is 20.2. The molecule has 0 heterocycles. The van der Waals surface area contributed by atoms with Crippen molar-refractivity contribution >= 4 is 23.2 Å². The Kier molecular flexibility index (Phi) is 8.93. The molecular formula is C27H35OP. The Hall–Kier alpha value is -1.95. The van der Waals surface area contributed by atoms with E-state index in [0.717, 1.165) is 12.8 Å². The van der Waals surface area contributed by atoms with E-state index in [9.17, 15) is 0 Å². The Balaban J connectivity index is 1.83. The first-order valence-corrected chi connectivity index (χ1v) is 13.4. The van der Waals surface area contributed by atoms with E-state index in [1.807, 2.05) is 0 Å². The number of benzene rings is 3. The zero-order valence-corrected chi connectivity index (χ0v) is 18.5. The van der Waals surface area contributed by atoms with Crippen molar-refractivity contribution in [3.05, 3.63) is 91.0 Å². The van der Waals surface area contributed by atoms with Gasteiger partial charge in [0, 0.05) is 0 Å². The summed E-state index contributed by atoms with van der Waals surface area (Å²) in [6.45, 7) is 0.333. The van der Waals surface area contributed by atoms with E-state index in [0.29, 0.717) is 6.61 Å². The summed E-state index contributed by atoms with van der Waals surface area (Å²) in [7, 11) is -2.04. The fourth-order valence-electron chi connectivity index (χ4n) is 4.49. The van der Waals surface area contributed by atoms with Crippen LogP contribution in [0.15, 0.2) is 91.0 Å². The summed E-state index contributed by atoms with van der Waals surface area (Å²) >= 11 is 0. The van der Waals surface area contributed by atoms with Crippen LogP contribution >= 0.6 is 7.26 Å². The number of aliphatic hydroxyl groups is 1. The normalized spacial score (nSPS) is 12.0. The van der Waals surface area contributed by atoms with Crippen LogP contribution in [0, 0.1) is 0 Å². The van der Waals surface area contributed by atoms with Crippen molar-refractivity contribution in [3.8, 4) is 0 Å². The van der Waals surface area contributed by atoms with Crippen LogP contribution in [0.4, 0.5) is 0 Å². The summed E-state index contributed by atoms with van der Waals surface area (Å²) in [5, 5.41) is 13.5. The van der Waals surface area contributed by atoms with Gasteiger partial charge < -0.3 is 0 Å². The van der Waals surface area contributed by atoms with Gasteiger partial charge >= 0.3 is 177 Å². The van der Waals surface area contributed by atoms with Gasteiger partial charge in [-0.2, -0.15) is 0 Å². The van der Waals surface area contributed by atoms with Gasteiger partial charge in [0.15, 0.2) is 0 Å². The van der Waals surface area contributed by atoms with Crippen LogP contribution in [-0.4, -0.2) is 17.9 Å². The third-order valence-electron chi connectivity index (χ3n) is 6.01. The third kappa shape index (κ3) is 5.78. The molecule has 3 aromatic rings. The van der Waals surface area contributed by atoms with Crippen LogP contribution in [0.1, 0.15) is 44.9 Å². The van der Waals surface area contributed by atoms with Gasteiger partial charge in [-0.15, -0.1) is 0 Å². The fraction of sp³-hybridized carbons (Fsp3) is 0.333. The van der Waals surface area contributed by atoms with Gasteiger partial charge in [0.05, 0.1) is 0 Å². The average molecular weight is 407 g/mol. The first-order valence-electron chi connectivity index (χ1n) is 11.2. The molecule has 0 saturated heterocycles. The Morgan fingerprint density at radius 2 is 0.793 bits per heavy atom. The summed E-state index contributed by atoms with van der Waals surface area (Å²) in [4.78, 5) is 0. The van der Waals surface area contributed by atoms with Crippen molar-refractivity contribution in [1.82, 2.24) is 0 Å². The van der Waals surface area contributed by atoms with Gasteiger partial charge in [0.25, 0.3) is 0 Å². The van der Waals surface area contributed by atoms with Crippen LogP contribution in [0.5, 0.6) is 0 Å². The predicted octanol–water partition coefficient (Wildman–Crippen LogP) is 5.44. The standard InChI is InChI=1S/C27H35OP/c28-23-15-4-2-1-3-5-16-24-29(25-17-9-6-10-18-25,26-19-11-7-12-20-26)27-21-13-8-14-22-27/h6-14,17-22,28-29H,1-5,15-16,23-24H2. The molecule has 0 spiro atoms. The molecule has 0 radical (unpaired) electrons. The molecule has 0 saturated carbocycles. The topological polar surface area (TPSA) is 20.2 Å². The third-order valence-corrected chi connectivity index (χ3v) is 11.1. The summed E-state index contributed by atoms with van der Waals surface area (Å²) in [6, 6.07) is 33.7. The van der Waals surface area contributed by atoms with Crippen molar-refractivity contribution in [2.45, 2.75) is 44.9 Å². The number of hydrogen-bond acceptors (Lipinski definition) is 1. The van der Waals surface area contributed by atoms with E-state index in [-0.39, 0.29) is 0 Å². The van der Waals surface area contributed by atoms with Crippen LogP contribution in [0.25, 0.3) is 0 Å². The molecule has 0 aliphatic heterocycles. The van der Waals surface area contributed by atoms with Crippen LogP contribution in [-0.2, 0) is 0 Å². The second kappa shape index (κ2) is 11.9. The van der Waals surface area contributed by atoms with Gasteiger partial charge in [0.2, 0.25) is 0 Å². The molecule has 0 amide bonds. The molecule has 1 nitrogen and oxygen atoms in total. The van der Waals surface area contributed by atoms with Crippen LogP contribution < -0.4 is 15.9 Å². The molecule has 3 aromatic carbocycles. The quantitative estimate of drug-likeness (QED) is 0.314. The molecule has 0 aliphatic rings. The van der Waals surface area contributed by atoms with Crippen molar-refractivity contribution in [2.24, 2.45) is 0 Å². The molecule has 1 N–H and O–H groups in total. The molecule has 0 unspecified atom stereocenters. The number of hydrogen-bond donors (Lipinski definition) is 1. The maximum atomic E-state index is 8.93. The summed E-state index contributed by atoms with van der Waals surface area (Å²) in [6.07, 6.45) is 9.76. The second-order valence-electron chi connectivity index (χ2n) is 7.95. The van der Waals surface area contributed by atoms with E-state index in [1.165, 1.54) is 54.2 Å². The van der Waals surface area contributed by atoms with Crippen LogP contribution in [0.2, 0.25) is 0 Å². The maximum absolute atomic E-state index is 8.93. The molecule has 0 fully saturated rings. The van der Waals surface area contributed by atoms with E-state index in [4.69, 9.17) is 5.11 Å². The summed E-state index contributed by atoms with van der Waals surface area (Å²) in [5.74, 6) is 0. The van der Waals surface area contributed by atoms with E-state index >= 15 is 0 Å². The summed E-state index contributed by atoms with van der Waals surface area (Å²) in [5.41, 5.74) is 0. The number of unbranched alkanes of at least 4 members (excludes halogenated alkanes) is 6. The van der Waals surface area contributed by atoms with Crippen molar-refractivity contribution in [2.75, 3.05) is 12.8 Å². The van der Waals surface area contributed by atoms with Crippen molar-refractivity contribution < 1.29 is 5.11 Å². The van der Waals surface area contributed by atoms with E-state index < -0.39 is 7.26 Å². The molecule has 154 valence electrons. The van der Waals surface area contributed by atoms with E-state index in [1.54, 1.807) is 0 Å². The minimum atomic E-state index is -2.04. The molecule has 29 heavy (non-hydrogen) atoms. The van der Waals surface area contributed by atoms with Gasteiger partial charge in [-0.3, -0.25) is 0 Å². The Morgan fingerprint density at radius 3 is 1.17 bits per heavy atom. The monoisotopic (exact) mass is 406 g/mol. The average Bonchev–Trinajstić information content (AvgIpc) is 2.80. The fourth-order valence-corrected chi connectivity index (χ4v) is 9.42. The predicted molar refractivity (Wildman–Crippen MR) is 131 cm³/mol. The minimum absolute atomic E-state index is 0.333. The second-order valence-corrected chi connectivity index (χ2v) is 12.0. The molecular weight excluding hydrogens is 371 g/mol. The molecule has 0 aromatic heterocycles. The van der Waals surface area contributed by atoms with Gasteiger partial charge in [-0.1, -0.05) is 0 Å². The molecule has 0 bridgehead atoms. The SMILES string of the molecule is OCCCCCCCCC[PH](c1ccccc1)(c1ccccc1)c1ccccc1. The van der Waals surface area contributed by atoms with Gasteiger partial charge in [-0.25, -0.2) is 0 Å². The Morgan fingerprint density at radius 1 is 0.448 bits per heavy atom. The molecule has 0 aliphatic carbocycles. The van der Waals surface area contributed by atoms with Gasteiger partial charge in [-0.05, 0) is 0 Å². The Labute approximate surface area is 177 Å². The van der Waals surface area contributed by atoms with Crippen LogP contribution in [0.3, 0.4) is 0 Å². The molecule has 2 heteroatoms. The molecule has 0 atom stereocenters. The van der Waals surface area contributed by atoms with Gasteiger partial charge in [0.1, 0.15) is 0 Å². The van der Waals surface area contributed by atoms with E-state index in [2.05, 4.69) is 91.0 Å². The van der Waals surface area contributed by atoms with Crippen molar-refractivity contribution in [1.29, 1.82) is 0 Å². The Bertz CT molecular complexity index is 705. The number of aliphatic hydroxyl groups excluding tert-OH is 1. The first kappa shape index (κ1) is 21.8.